The maximum Gasteiger partial charge on any atom is 0.119 e. The molecule has 0 aliphatic heterocycles. The molecule has 0 aromatic heterocycles. The highest BCUT2D eigenvalue weighted by molar-refractivity contribution is 5.30. The van der Waals surface area contributed by atoms with E-state index in [1.165, 1.54) is 12.8 Å². The molecule has 0 N–H and O–H groups in total. The second-order valence-corrected chi connectivity index (χ2v) is 4.41. The molecular weight excluding hydrogens is 200 g/mol. The molecule has 0 bridgehead atoms. The van der Waals surface area contributed by atoms with Gasteiger partial charge in [0.1, 0.15) is 11.5 Å². The summed E-state index contributed by atoms with van der Waals surface area (Å²) < 4.78 is 10.7. The summed E-state index contributed by atoms with van der Waals surface area (Å²) in [6.07, 6.45) is 3.66. The third-order valence-corrected chi connectivity index (χ3v) is 2.50. The van der Waals surface area contributed by atoms with Gasteiger partial charge >= 0.3 is 0 Å². The quantitative estimate of drug-likeness (QED) is 0.651. The first-order valence-electron chi connectivity index (χ1n) is 5.99. The van der Waals surface area contributed by atoms with Crippen LogP contribution in [0.1, 0.15) is 33.1 Å². The van der Waals surface area contributed by atoms with Gasteiger partial charge in [-0.05, 0) is 43.0 Å². The number of benzene rings is 1. The van der Waals surface area contributed by atoms with Crippen LogP contribution in [-0.4, -0.2) is 13.7 Å². The lowest BCUT2D eigenvalue weighted by Crippen LogP contribution is -1.98. The Labute approximate surface area is 98.6 Å². The molecule has 0 fully saturated rings. The van der Waals surface area contributed by atoms with Gasteiger partial charge < -0.3 is 9.47 Å². The lowest BCUT2D eigenvalue weighted by atomic mass is 10.1. The van der Waals surface area contributed by atoms with Crippen LogP contribution < -0.4 is 9.47 Å². The Morgan fingerprint density at radius 3 is 2.19 bits per heavy atom. The molecule has 0 atom stereocenters. The number of ether oxygens (including phenoxy) is 2. The summed E-state index contributed by atoms with van der Waals surface area (Å²) in [5, 5.41) is 0. The van der Waals surface area contributed by atoms with Crippen LogP contribution in [-0.2, 0) is 0 Å². The van der Waals surface area contributed by atoms with Gasteiger partial charge in [-0.15, -0.1) is 0 Å². The Morgan fingerprint density at radius 2 is 1.62 bits per heavy atom. The van der Waals surface area contributed by atoms with Gasteiger partial charge in [-0.3, -0.25) is 0 Å². The Hall–Kier alpha value is -1.18. The van der Waals surface area contributed by atoms with Crippen molar-refractivity contribution in [1.29, 1.82) is 0 Å². The van der Waals surface area contributed by atoms with Crippen molar-refractivity contribution in [2.24, 2.45) is 5.92 Å². The van der Waals surface area contributed by atoms with Crippen molar-refractivity contribution >= 4 is 0 Å². The van der Waals surface area contributed by atoms with E-state index in [0.717, 1.165) is 30.4 Å². The van der Waals surface area contributed by atoms with Gasteiger partial charge in [0.2, 0.25) is 0 Å². The van der Waals surface area contributed by atoms with Crippen LogP contribution in [0.3, 0.4) is 0 Å². The summed E-state index contributed by atoms with van der Waals surface area (Å²) in [6.45, 7) is 5.31. The number of hydrogen-bond acceptors (Lipinski definition) is 2. The van der Waals surface area contributed by atoms with Gasteiger partial charge in [0.25, 0.3) is 0 Å². The topological polar surface area (TPSA) is 18.5 Å². The van der Waals surface area contributed by atoms with Crippen LogP contribution in [0.25, 0.3) is 0 Å². The number of unbranched alkanes of at least 4 members (excludes halogenated alkanes) is 1. The van der Waals surface area contributed by atoms with Gasteiger partial charge in [0.05, 0.1) is 13.7 Å². The molecule has 90 valence electrons. The largest absolute Gasteiger partial charge is 0.497 e. The lowest BCUT2D eigenvalue weighted by Gasteiger charge is -2.07. The molecule has 16 heavy (non-hydrogen) atoms. The highest BCUT2D eigenvalue weighted by Gasteiger charge is 1.96. The third kappa shape index (κ3) is 5.06. The van der Waals surface area contributed by atoms with E-state index in [-0.39, 0.29) is 0 Å². The fraction of sp³-hybridized carbons (Fsp3) is 0.571. The summed E-state index contributed by atoms with van der Waals surface area (Å²) in [5.74, 6) is 2.58. The minimum Gasteiger partial charge on any atom is -0.497 e. The first-order valence-corrected chi connectivity index (χ1v) is 5.99. The van der Waals surface area contributed by atoms with Gasteiger partial charge in [-0.1, -0.05) is 20.3 Å². The van der Waals surface area contributed by atoms with Crippen LogP contribution in [0.15, 0.2) is 24.3 Å². The smallest absolute Gasteiger partial charge is 0.119 e. The average Bonchev–Trinajstić information content (AvgIpc) is 2.29. The summed E-state index contributed by atoms with van der Waals surface area (Å²) in [5.41, 5.74) is 0. The predicted molar refractivity (Wildman–Crippen MR) is 67.2 cm³/mol. The minimum atomic E-state index is 0.793. The molecule has 0 radical (unpaired) electrons. The molecule has 1 rings (SSSR count). The molecule has 1 aromatic carbocycles. The fourth-order valence-corrected chi connectivity index (χ4v) is 1.52. The first-order chi connectivity index (χ1) is 7.72. The zero-order chi connectivity index (χ0) is 11.8. The molecule has 0 aliphatic carbocycles. The Bertz CT molecular complexity index is 277. The molecule has 0 heterocycles. The predicted octanol–water partition coefficient (Wildman–Crippen LogP) is 3.90. The Kier molecular flexibility index (Phi) is 5.76. The number of hydrogen-bond donors (Lipinski definition) is 0. The minimum absolute atomic E-state index is 0.793. The van der Waals surface area contributed by atoms with Crippen LogP contribution in [0.4, 0.5) is 0 Å². The Balaban J connectivity index is 2.16. The van der Waals surface area contributed by atoms with Crippen molar-refractivity contribution < 1.29 is 9.47 Å². The molecule has 0 unspecified atom stereocenters. The van der Waals surface area contributed by atoms with Crippen molar-refractivity contribution in [3.8, 4) is 11.5 Å². The number of methoxy groups -OCH3 is 1. The van der Waals surface area contributed by atoms with Gasteiger partial charge in [0, 0.05) is 0 Å². The maximum atomic E-state index is 5.63. The van der Waals surface area contributed by atoms with Gasteiger partial charge in [-0.2, -0.15) is 0 Å². The van der Waals surface area contributed by atoms with E-state index >= 15 is 0 Å². The molecule has 2 nitrogen and oxygen atoms in total. The lowest BCUT2D eigenvalue weighted by molar-refractivity contribution is 0.301. The maximum absolute atomic E-state index is 5.63. The highest BCUT2D eigenvalue weighted by atomic mass is 16.5. The third-order valence-electron chi connectivity index (χ3n) is 2.50. The highest BCUT2D eigenvalue weighted by Crippen LogP contribution is 2.17. The van der Waals surface area contributed by atoms with E-state index < -0.39 is 0 Å². The summed E-state index contributed by atoms with van der Waals surface area (Å²) in [7, 11) is 1.67. The monoisotopic (exact) mass is 222 g/mol. The number of rotatable bonds is 7. The summed E-state index contributed by atoms with van der Waals surface area (Å²) in [6, 6.07) is 7.73. The molecule has 0 amide bonds. The molecule has 0 saturated heterocycles. The second-order valence-electron chi connectivity index (χ2n) is 4.41. The average molecular weight is 222 g/mol. The van der Waals surface area contributed by atoms with Crippen LogP contribution >= 0.6 is 0 Å². The molecule has 0 saturated carbocycles. The fourth-order valence-electron chi connectivity index (χ4n) is 1.52. The summed E-state index contributed by atoms with van der Waals surface area (Å²) in [4.78, 5) is 0. The van der Waals surface area contributed by atoms with Crippen molar-refractivity contribution in [2.75, 3.05) is 13.7 Å². The SMILES string of the molecule is COc1ccc(OCCCCC(C)C)cc1. The second kappa shape index (κ2) is 7.15. The Morgan fingerprint density at radius 1 is 1.00 bits per heavy atom. The normalized spacial score (nSPS) is 10.5. The standard InChI is InChI=1S/C14H22O2/c1-12(2)6-4-5-11-16-14-9-7-13(15-3)8-10-14/h7-10,12H,4-6,11H2,1-3H3. The van der Waals surface area contributed by atoms with E-state index in [1.807, 2.05) is 24.3 Å². The zero-order valence-corrected chi connectivity index (χ0v) is 10.5. The van der Waals surface area contributed by atoms with Crippen LogP contribution in [0, 0.1) is 5.92 Å². The van der Waals surface area contributed by atoms with E-state index in [4.69, 9.17) is 9.47 Å². The van der Waals surface area contributed by atoms with Gasteiger partial charge in [-0.25, -0.2) is 0 Å². The van der Waals surface area contributed by atoms with Crippen molar-refractivity contribution in [3.63, 3.8) is 0 Å². The van der Waals surface area contributed by atoms with Crippen molar-refractivity contribution in [3.05, 3.63) is 24.3 Å². The molecule has 0 aliphatic rings. The van der Waals surface area contributed by atoms with E-state index in [1.54, 1.807) is 7.11 Å². The first kappa shape index (κ1) is 12.9. The molecule has 0 spiro atoms. The van der Waals surface area contributed by atoms with Crippen molar-refractivity contribution in [2.45, 2.75) is 33.1 Å². The molecular formula is C14H22O2. The van der Waals surface area contributed by atoms with E-state index in [9.17, 15) is 0 Å². The molecule has 1 aromatic rings. The van der Waals surface area contributed by atoms with Crippen LogP contribution in [0.2, 0.25) is 0 Å². The summed E-state index contributed by atoms with van der Waals surface area (Å²) >= 11 is 0. The van der Waals surface area contributed by atoms with Crippen molar-refractivity contribution in [1.82, 2.24) is 0 Å². The van der Waals surface area contributed by atoms with E-state index in [0.29, 0.717) is 0 Å². The molecule has 2 heteroatoms. The van der Waals surface area contributed by atoms with E-state index in [2.05, 4.69) is 13.8 Å². The zero-order valence-electron chi connectivity index (χ0n) is 10.5. The van der Waals surface area contributed by atoms with Gasteiger partial charge in [0.15, 0.2) is 0 Å². The van der Waals surface area contributed by atoms with Crippen LogP contribution in [0.5, 0.6) is 11.5 Å².